The number of carbonyl (C=O) groups excluding carboxylic acids is 1. The lowest BCUT2D eigenvalue weighted by molar-refractivity contribution is -0.303. The number of rotatable bonds is 55. The third kappa shape index (κ3) is 39.9. The van der Waals surface area contributed by atoms with Gasteiger partial charge in [0.1, 0.15) is 36.6 Å². The van der Waals surface area contributed by atoms with Gasteiger partial charge in [0.2, 0.25) is 5.91 Å². The van der Waals surface area contributed by atoms with Crippen molar-refractivity contribution in [2.45, 2.75) is 358 Å². The van der Waals surface area contributed by atoms with E-state index in [1.165, 1.54) is 225 Å². The Hall–Kier alpha value is -1.41. The predicted molar refractivity (Wildman–Crippen MR) is 307 cm³/mol. The van der Waals surface area contributed by atoms with Crippen molar-refractivity contribution in [3.8, 4) is 0 Å². The number of aliphatic hydroxyl groups is 7. The molecule has 0 aliphatic carbocycles. The second-order valence-corrected chi connectivity index (χ2v) is 22.5. The van der Waals surface area contributed by atoms with Gasteiger partial charge in [0, 0.05) is 0 Å². The highest BCUT2D eigenvalue weighted by atomic mass is 16.7. The fourth-order valence-corrected chi connectivity index (χ4v) is 10.3. The van der Waals surface area contributed by atoms with E-state index in [9.17, 15) is 40.5 Å². The molecule has 1 amide bonds. The smallest absolute Gasteiger partial charge is 0.249 e. The third-order valence-electron chi connectivity index (χ3n) is 15.5. The Morgan fingerprint density at radius 3 is 1.16 bits per heavy atom. The van der Waals surface area contributed by atoms with Crippen molar-refractivity contribution in [1.29, 1.82) is 0 Å². The molecular formula is C63H121NO10. The first-order valence-corrected chi connectivity index (χ1v) is 31.7. The van der Waals surface area contributed by atoms with E-state index in [0.29, 0.717) is 12.8 Å². The van der Waals surface area contributed by atoms with E-state index >= 15 is 0 Å². The van der Waals surface area contributed by atoms with Crippen LogP contribution in [0, 0.1) is 0 Å². The van der Waals surface area contributed by atoms with Crippen molar-refractivity contribution in [1.82, 2.24) is 5.32 Å². The summed E-state index contributed by atoms with van der Waals surface area (Å²) in [6.45, 7) is 3.44. The molecule has 1 aliphatic rings. The molecule has 0 saturated carbocycles. The van der Waals surface area contributed by atoms with Gasteiger partial charge in [-0.3, -0.25) is 4.79 Å². The molecule has 11 nitrogen and oxygen atoms in total. The minimum Gasteiger partial charge on any atom is -0.394 e. The summed E-state index contributed by atoms with van der Waals surface area (Å²) in [5.74, 6) is -0.703. The molecule has 1 aliphatic heterocycles. The van der Waals surface area contributed by atoms with Gasteiger partial charge < -0.3 is 50.5 Å². The Balaban J connectivity index is 2.11. The molecular weight excluding hydrogens is 931 g/mol. The Kier molecular flexibility index (Phi) is 49.9. The van der Waals surface area contributed by atoms with Crippen molar-refractivity contribution >= 4 is 5.91 Å². The number of allylic oxidation sites excluding steroid dienone is 4. The van der Waals surface area contributed by atoms with Crippen LogP contribution in [0.25, 0.3) is 0 Å². The highest BCUT2D eigenvalue weighted by Crippen LogP contribution is 2.24. The van der Waals surface area contributed by atoms with E-state index in [0.717, 1.165) is 38.5 Å². The molecule has 438 valence electrons. The maximum absolute atomic E-state index is 13.2. The van der Waals surface area contributed by atoms with E-state index in [-0.39, 0.29) is 12.8 Å². The molecule has 0 bridgehead atoms. The summed E-state index contributed by atoms with van der Waals surface area (Å²) in [5.41, 5.74) is 0. The van der Waals surface area contributed by atoms with Gasteiger partial charge in [0.15, 0.2) is 6.29 Å². The molecule has 74 heavy (non-hydrogen) atoms. The van der Waals surface area contributed by atoms with Crippen LogP contribution in [0.5, 0.6) is 0 Å². The fraction of sp³-hybridized carbons (Fsp3) is 0.921. The van der Waals surface area contributed by atoms with Gasteiger partial charge in [0.25, 0.3) is 0 Å². The zero-order valence-electron chi connectivity index (χ0n) is 48.1. The van der Waals surface area contributed by atoms with Crippen LogP contribution in [-0.2, 0) is 14.3 Å². The minimum atomic E-state index is -1.67. The summed E-state index contributed by atoms with van der Waals surface area (Å²) in [7, 11) is 0. The molecule has 0 aromatic carbocycles. The molecule has 1 saturated heterocycles. The van der Waals surface area contributed by atoms with Crippen LogP contribution in [0.3, 0.4) is 0 Å². The number of hydrogen-bond acceptors (Lipinski definition) is 10. The fourth-order valence-electron chi connectivity index (χ4n) is 10.3. The number of aliphatic hydroxyl groups excluding tert-OH is 7. The second-order valence-electron chi connectivity index (χ2n) is 22.5. The number of amides is 1. The third-order valence-corrected chi connectivity index (χ3v) is 15.5. The van der Waals surface area contributed by atoms with Crippen molar-refractivity contribution in [3.05, 3.63) is 24.3 Å². The minimum absolute atomic E-state index is 0.257. The quantitative estimate of drug-likeness (QED) is 0.0215. The van der Waals surface area contributed by atoms with Crippen molar-refractivity contribution in [3.63, 3.8) is 0 Å². The summed E-state index contributed by atoms with van der Waals surface area (Å²) >= 11 is 0. The number of ether oxygens (including phenoxy) is 2. The highest BCUT2D eigenvalue weighted by Gasteiger charge is 2.44. The molecule has 9 unspecified atom stereocenters. The van der Waals surface area contributed by atoms with Crippen LogP contribution in [0.4, 0.5) is 0 Å². The summed E-state index contributed by atoms with van der Waals surface area (Å²) in [4.78, 5) is 13.2. The second kappa shape index (κ2) is 52.3. The Morgan fingerprint density at radius 1 is 0.459 bits per heavy atom. The molecule has 0 aromatic heterocycles. The summed E-state index contributed by atoms with van der Waals surface area (Å²) < 4.78 is 11.1. The van der Waals surface area contributed by atoms with Crippen molar-refractivity contribution < 1.29 is 50.0 Å². The van der Waals surface area contributed by atoms with Crippen LogP contribution in [0.15, 0.2) is 24.3 Å². The summed E-state index contributed by atoms with van der Waals surface area (Å²) in [6.07, 6.45) is 52.9. The average Bonchev–Trinajstić information content (AvgIpc) is 3.40. The van der Waals surface area contributed by atoms with Crippen molar-refractivity contribution in [2.75, 3.05) is 13.2 Å². The van der Waals surface area contributed by atoms with Gasteiger partial charge in [-0.2, -0.15) is 0 Å². The highest BCUT2D eigenvalue weighted by molar-refractivity contribution is 5.80. The molecule has 0 spiro atoms. The molecule has 8 N–H and O–H groups in total. The maximum atomic E-state index is 13.2. The summed E-state index contributed by atoms with van der Waals surface area (Å²) in [5, 5.41) is 75.9. The standard InChI is InChI=1S/C63H121NO10/c1-3-5-7-9-11-13-15-16-17-18-19-20-21-22-23-24-25-26-27-28-29-30-31-32-33-34-35-36-37-38-39-41-43-45-47-49-51-56(67)62(72)64-54(53-73-63-61(71)60(70)59(69)57(52-65)74-63)58(68)55(66)50-48-46-44-42-40-14-12-10-8-6-4-2/h26-27,42,44,54-61,63,65-71H,3-25,28-41,43,45-53H2,1-2H3,(H,64,72)/b27-26-,44-42+. The van der Waals surface area contributed by atoms with Gasteiger partial charge in [-0.25, -0.2) is 0 Å². The first kappa shape index (κ1) is 70.6. The van der Waals surface area contributed by atoms with Gasteiger partial charge in [-0.05, 0) is 64.2 Å². The Morgan fingerprint density at radius 2 is 0.797 bits per heavy atom. The lowest BCUT2D eigenvalue weighted by Crippen LogP contribution is -2.60. The average molecular weight is 1050 g/mol. The molecule has 11 heteroatoms. The first-order valence-electron chi connectivity index (χ1n) is 31.7. The van der Waals surface area contributed by atoms with Crippen LogP contribution < -0.4 is 5.32 Å². The van der Waals surface area contributed by atoms with Crippen LogP contribution in [0.1, 0.15) is 303 Å². The van der Waals surface area contributed by atoms with Gasteiger partial charge >= 0.3 is 0 Å². The summed E-state index contributed by atoms with van der Waals surface area (Å²) in [6, 6.07) is -1.18. The van der Waals surface area contributed by atoms with E-state index in [1.54, 1.807) is 0 Å². The normalized spacial score (nSPS) is 19.9. The Bertz CT molecular complexity index is 1250. The monoisotopic (exact) mass is 1050 g/mol. The van der Waals surface area contributed by atoms with E-state index < -0.39 is 74.2 Å². The largest absolute Gasteiger partial charge is 0.394 e. The SMILES string of the molecule is CCCCCCCC/C=C/CCCC(O)C(O)C(COC1OC(CO)C(O)C(O)C1O)NC(=O)C(O)CCCCCCCCCCCCCCCCCC/C=C\CCCCCCCCCCCCCCCCCC. The first-order chi connectivity index (χ1) is 36.2. The number of carbonyl (C=O) groups is 1. The van der Waals surface area contributed by atoms with Crippen LogP contribution in [-0.4, -0.2) is 110 Å². The molecule has 1 heterocycles. The molecule has 9 atom stereocenters. The Labute approximate surface area is 454 Å². The molecule has 1 fully saturated rings. The van der Waals surface area contributed by atoms with Crippen LogP contribution >= 0.6 is 0 Å². The number of nitrogens with one attached hydrogen (secondary N) is 1. The number of unbranched alkanes of at least 4 members (excludes halogenated alkanes) is 39. The van der Waals surface area contributed by atoms with Gasteiger partial charge in [0.05, 0.1) is 25.4 Å². The zero-order chi connectivity index (χ0) is 54.0. The molecule has 1 rings (SSSR count). The zero-order valence-corrected chi connectivity index (χ0v) is 48.1. The molecule has 0 aromatic rings. The van der Waals surface area contributed by atoms with Gasteiger partial charge in [-0.15, -0.1) is 0 Å². The maximum Gasteiger partial charge on any atom is 0.249 e. The van der Waals surface area contributed by atoms with Crippen LogP contribution in [0.2, 0.25) is 0 Å². The number of hydrogen-bond donors (Lipinski definition) is 8. The van der Waals surface area contributed by atoms with Crippen molar-refractivity contribution in [2.24, 2.45) is 0 Å². The topological polar surface area (TPSA) is 189 Å². The van der Waals surface area contributed by atoms with Gasteiger partial charge in [-0.1, -0.05) is 263 Å². The van der Waals surface area contributed by atoms with E-state index in [4.69, 9.17) is 9.47 Å². The van der Waals surface area contributed by atoms with E-state index in [2.05, 4.69) is 43.5 Å². The lowest BCUT2D eigenvalue weighted by Gasteiger charge is -2.40. The molecule has 0 radical (unpaired) electrons. The lowest BCUT2D eigenvalue weighted by atomic mass is 9.98. The van der Waals surface area contributed by atoms with E-state index in [1.807, 2.05) is 0 Å². The predicted octanol–water partition coefficient (Wildman–Crippen LogP) is 14.1.